The molecule has 2 fully saturated rings. The molecule has 0 aliphatic carbocycles. The van der Waals surface area contributed by atoms with Crippen LogP contribution >= 0.6 is 11.3 Å². The van der Waals surface area contributed by atoms with Crippen LogP contribution in [0, 0.1) is 0 Å². The summed E-state index contributed by atoms with van der Waals surface area (Å²) >= 11 is 1.63. The standard InChI is InChI=1S/C20H28N4O4S/c1-22(20(25)24-10-12-28-13-11-24)14-6-8-23(9-7-14)19-21-17-15(26-2)4-5-16(27-3)18(17)29-19/h4-5,14H,6-13H2,1-3H3. The van der Waals surface area contributed by atoms with E-state index in [1.807, 2.05) is 29.0 Å². The van der Waals surface area contributed by atoms with E-state index in [0.717, 1.165) is 52.8 Å². The maximum atomic E-state index is 12.8. The number of urea groups is 1. The first-order valence-corrected chi connectivity index (χ1v) is 10.8. The molecule has 9 heteroatoms. The number of carbonyl (C=O) groups is 1. The van der Waals surface area contributed by atoms with Gasteiger partial charge in [-0.3, -0.25) is 0 Å². The van der Waals surface area contributed by atoms with Gasteiger partial charge in [0, 0.05) is 39.3 Å². The molecular weight excluding hydrogens is 392 g/mol. The summed E-state index contributed by atoms with van der Waals surface area (Å²) in [6.07, 6.45) is 1.85. The van der Waals surface area contributed by atoms with E-state index in [4.69, 9.17) is 19.2 Å². The van der Waals surface area contributed by atoms with Crippen LogP contribution < -0.4 is 14.4 Å². The number of rotatable bonds is 4. The number of amides is 2. The highest BCUT2D eigenvalue weighted by atomic mass is 32.1. The fourth-order valence-electron chi connectivity index (χ4n) is 3.99. The average Bonchev–Trinajstić information content (AvgIpc) is 3.23. The molecule has 8 nitrogen and oxygen atoms in total. The Labute approximate surface area is 174 Å². The smallest absolute Gasteiger partial charge is 0.320 e. The van der Waals surface area contributed by atoms with Gasteiger partial charge in [-0.25, -0.2) is 9.78 Å². The molecule has 2 aliphatic heterocycles. The Morgan fingerprint density at radius 1 is 1.14 bits per heavy atom. The fraction of sp³-hybridized carbons (Fsp3) is 0.600. The van der Waals surface area contributed by atoms with Crippen LogP contribution in [0.1, 0.15) is 12.8 Å². The molecule has 0 radical (unpaired) electrons. The molecule has 0 spiro atoms. The van der Waals surface area contributed by atoms with Crippen LogP contribution in [0.2, 0.25) is 0 Å². The molecule has 1 aromatic heterocycles. The second-order valence-corrected chi connectivity index (χ2v) is 8.33. The maximum Gasteiger partial charge on any atom is 0.320 e. The van der Waals surface area contributed by atoms with Crippen molar-refractivity contribution in [3.05, 3.63) is 12.1 Å². The molecular formula is C20H28N4O4S. The van der Waals surface area contributed by atoms with E-state index in [-0.39, 0.29) is 12.1 Å². The van der Waals surface area contributed by atoms with Crippen LogP contribution in [0.4, 0.5) is 9.93 Å². The number of benzene rings is 1. The third kappa shape index (κ3) is 3.93. The number of hydrogen-bond donors (Lipinski definition) is 0. The Balaban J connectivity index is 1.43. The van der Waals surface area contributed by atoms with E-state index in [1.165, 1.54) is 0 Å². The molecule has 158 valence electrons. The topological polar surface area (TPSA) is 67.4 Å². The zero-order chi connectivity index (χ0) is 20.4. The Morgan fingerprint density at radius 2 is 1.79 bits per heavy atom. The molecule has 0 atom stereocenters. The second-order valence-electron chi connectivity index (χ2n) is 7.36. The SMILES string of the molecule is COc1ccc(OC)c2sc(N3CCC(N(C)C(=O)N4CCOCC4)CC3)nc12. The van der Waals surface area contributed by atoms with Gasteiger partial charge in [0.25, 0.3) is 0 Å². The molecule has 2 aromatic rings. The molecule has 1 aromatic carbocycles. The quantitative estimate of drug-likeness (QED) is 0.758. The van der Waals surface area contributed by atoms with Crippen molar-refractivity contribution in [2.24, 2.45) is 0 Å². The number of methoxy groups -OCH3 is 2. The number of anilines is 1. The molecule has 3 heterocycles. The van der Waals surface area contributed by atoms with Gasteiger partial charge in [0.2, 0.25) is 0 Å². The molecule has 0 bridgehead atoms. The van der Waals surface area contributed by atoms with Gasteiger partial charge in [-0.15, -0.1) is 0 Å². The third-order valence-electron chi connectivity index (χ3n) is 5.77. The molecule has 2 aliphatic rings. The van der Waals surface area contributed by atoms with Crippen LogP contribution in [0.5, 0.6) is 11.5 Å². The lowest BCUT2D eigenvalue weighted by atomic mass is 10.0. The van der Waals surface area contributed by atoms with Gasteiger partial charge in [0.05, 0.1) is 27.4 Å². The van der Waals surface area contributed by atoms with Crippen molar-refractivity contribution in [2.75, 3.05) is 65.6 Å². The minimum absolute atomic E-state index is 0.112. The number of fused-ring (bicyclic) bond motifs is 1. The Hall–Kier alpha value is -2.26. The van der Waals surface area contributed by atoms with Crippen LogP contribution in [0.25, 0.3) is 10.2 Å². The summed E-state index contributed by atoms with van der Waals surface area (Å²) in [6.45, 7) is 4.35. The number of thiazole rings is 1. The minimum Gasteiger partial charge on any atom is -0.495 e. The number of piperidine rings is 1. The van der Waals surface area contributed by atoms with Crippen LogP contribution in [-0.4, -0.2) is 87.5 Å². The van der Waals surface area contributed by atoms with Crippen LogP contribution in [-0.2, 0) is 4.74 Å². The Bertz CT molecular complexity index is 819. The van der Waals surface area contributed by atoms with Crippen LogP contribution in [0.15, 0.2) is 12.1 Å². The number of morpholine rings is 1. The summed E-state index contributed by atoms with van der Waals surface area (Å²) in [5, 5.41) is 0.975. The predicted octanol–water partition coefficient (Wildman–Crippen LogP) is 2.67. The summed E-state index contributed by atoms with van der Waals surface area (Å²) in [4.78, 5) is 23.7. The van der Waals surface area contributed by atoms with E-state index < -0.39 is 0 Å². The van der Waals surface area contributed by atoms with E-state index in [0.29, 0.717) is 26.3 Å². The highest BCUT2D eigenvalue weighted by Gasteiger charge is 2.30. The lowest BCUT2D eigenvalue weighted by molar-refractivity contribution is 0.0409. The van der Waals surface area contributed by atoms with Crippen molar-refractivity contribution >= 4 is 32.7 Å². The monoisotopic (exact) mass is 420 g/mol. The number of aromatic nitrogens is 1. The number of carbonyl (C=O) groups excluding carboxylic acids is 1. The summed E-state index contributed by atoms with van der Waals surface area (Å²) in [5.74, 6) is 1.57. The van der Waals surface area contributed by atoms with Gasteiger partial charge in [-0.2, -0.15) is 0 Å². The van der Waals surface area contributed by atoms with Crippen molar-refractivity contribution in [3.63, 3.8) is 0 Å². The van der Waals surface area contributed by atoms with E-state index >= 15 is 0 Å². The third-order valence-corrected chi connectivity index (χ3v) is 6.90. The van der Waals surface area contributed by atoms with Gasteiger partial charge >= 0.3 is 6.03 Å². The molecule has 2 amide bonds. The van der Waals surface area contributed by atoms with Crippen molar-refractivity contribution in [1.82, 2.24) is 14.8 Å². The highest BCUT2D eigenvalue weighted by Crippen LogP contribution is 2.40. The Morgan fingerprint density at radius 3 is 2.45 bits per heavy atom. The molecule has 29 heavy (non-hydrogen) atoms. The van der Waals surface area contributed by atoms with Gasteiger partial charge in [-0.05, 0) is 25.0 Å². The second kappa shape index (κ2) is 8.62. The van der Waals surface area contributed by atoms with Crippen molar-refractivity contribution < 1.29 is 19.0 Å². The minimum atomic E-state index is 0.112. The van der Waals surface area contributed by atoms with Crippen molar-refractivity contribution in [1.29, 1.82) is 0 Å². The van der Waals surface area contributed by atoms with Crippen LogP contribution in [0.3, 0.4) is 0 Å². The first-order chi connectivity index (χ1) is 14.1. The van der Waals surface area contributed by atoms with Gasteiger partial charge in [0.15, 0.2) is 5.13 Å². The molecule has 0 saturated carbocycles. The number of ether oxygens (including phenoxy) is 3. The van der Waals surface area contributed by atoms with Gasteiger partial charge in [-0.1, -0.05) is 11.3 Å². The fourth-order valence-corrected chi connectivity index (χ4v) is 5.11. The zero-order valence-corrected chi connectivity index (χ0v) is 18.0. The molecule has 2 saturated heterocycles. The highest BCUT2D eigenvalue weighted by molar-refractivity contribution is 7.22. The van der Waals surface area contributed by atoms with Gasteiger partial charge < -0.3 is 28.9 Å². The Kier molecular flexibility index (Phi) is 5.96. The number of nitrogens with zero attached hydrogens (tertiary/aromatic N) is 4. The zero-order valence-electron chi connectivity index (χ0n) is 17.2. The maximum absolute atomic E-state index is 12.8. The first kappa shape index (κ1) is 20.0. The predicted molar refractivity (Wildman–Crippen MR) is 114 cm³/mol. The molecule has 0 unspecified atom stereocenters. The average molecular weight is 421 g/mol. The van der Waals surface area contributed by atoms with E-state index in [2.05, 4.69) is 4.90 Å². The lowest BCUT2D eigenvalue weighted by Crippen LogP contribution is -2.52. The first-order valence-electron chi connectivity index (χ1n) is 9.98. The molecule has 0 N–H and O–H groups in total. The summed E-state index contributed by atoms with van der Waals surface area (Å²) in [5.41, 5.74) is 0.841. The lowest BCUT2D eigenvalue weighted by Gasteiger charge is -2.39. The summed E-state index contributed by atoms with van der Waals surface area (Å²) < 4.78 is 17.3. The van der Waals surface area contributed by atoms with E-state index in [1.54, 1.807) is 25.6 Å². The largest absolute Gasteiger partial charge is 0.495 e. The number of hydrogen-bond acceptors (Lipinski definition) is 7. The van der Waals surface area contributed by atoms with E-state index in [9.17, 15) is 4.79 Å². The summed E-state index contributed by atoms with van der Waals surface area (Å²) in [6, 6.07) is 4.17. The van der Waals surface area contributed by atoms with Crippen molar-refractivity contribution in [3.8, 4) is 11.5 Å². The normalized spacial score (nSPS) is 18.2. The summed E-state index contributed by atoms with van der Waals surface area (Å²) in [7, 11) is 5.26. The van der Waals surface area contributed by atoms with Crippen molar-refractivity contribution in [2.45, 2.75) is 18.9 Å². The van der Waals surface area contributed by atoms with Gasteiger partial charge in [0.1, 0.15) is 21.7 Å². The molecule has 4 rings (SSSR count).